The number of alkyl halides is 3. The third kappa shape index (κ3) is 1.94. The fourth-order valence-corrected chi connectivity index (χ4v) is 2.53. The molecule has 1 N–H and O–H groups in total. The van der Waals surface area contributed by atoms with Crippen LogP contribution in [0, 0.1) is 11.3 Å². The van der Waals surface area contributed by atoms with Crippen LogP contribution in [0.5, 0.6) is 0 Å². The van der Waals surface area contributed by atoms with Gasteiger partial charge in [-0.3, -0.25) is 0 Å². The number of hydrogen-bond donors (Lipinski definition) is 1. The average molecular weight is 272 g/mol. The smallest absolute Gasteiger partial charge is 0.374 e. The van der Waals surface area contributed by atoms with E-state index >= 15 is 0 Å². The SMILES string of the molecule is N#CCC(O)(c1nc2ccccc2s1)C(F)(F)F. The van der Waals surface area contributed by atoms with Crippen LogP contribution < -0.4 is 0 Å². The number of nitrogens with zero attached hydrogens (tertiary/aromatic N) is 2. The predicted molar refractivity (Wildman–Crippen MR) is 59.8 cm³/mol. The number of thiazole rings is 1. The van der Waals surface area contributed by atoms with E-state index in [9.17, 15) is 18.3 Å². The first-order valence-electron chi connectivity index (χ1n) is 4.90. The fraction of sp³-hybridized carbons (Fsp3) is 0.273. The van der Waals surface area contributed by atoms with Gasteiger partial charge in [0.25, 0.3) is 0 Å². The summed E-state index contributed by atoms with van der Waals surface area (Å²) >= 11 is 0.739. The molecular formula is C11H7F3N2OS. The van der Waals surface area contributed by atoms with Crippen molar-refractivity contribution in [2.75, 3.05) is 0 Å². The molecule has 94 valence electrons. The van der Waals surface area contributed by atoms with Gasteiger partial charge in [0.2, 0.25) is 5.60 Å². The van der Waals surface area contributed by atoms with Crippen molar-refractivity contribution in [3.63, 3.8) is 0 Å². The van der Waals surface area contributed by atoms with Gasteiger partial charge in [-0.1, -0.05) is 12.1 Å². The van der Waals surface area contributed by atoms with E-state index in [1.54, 1.807) is 24.3 Å². The second-order valence-corrected chi connectivity index (χ2v) is 4.71. The highest BCUT2D eigenvalue weighted by molar-refractivity contribution is 7.18. The maximum Gasteiger partial charge on any atom is 0.424 e. The minimum atomic E-state index is -4.93. The summed E-state index contributed by atoms with van der Waals surface area (Å²) in [5, 5.41) is 17.7. The van der Waals surface area contributed by atoms with Crippen molar-refractivity contribution < 1.29 is 18.3 Å². The Hall–Kier alpha value is -1.65. The van der Waals surface area contributed by atoms with Crippen LogP contribution in [0.2, 0.25) is 0 Å². The molecule has 3 nitrogen and oxygen atoms in total. The molecule has 0 bridgehead atoms. The van der Waals surface area contributed by atoms with E-state index in [0.717, 1.165) is 11.3 Å². The maximum atomic E-state index is 12.9. The van der Waals surface area contributed by atoms with Crippen LogP contribution >= 0.6 is 11.3 Å². The first-order valence-corrected chi connectivity index (χ1v) is 5.72. The van der Waals surface area contributed by atoms with E-state index in [0.29, 0.717) is 10.2 Å². The van der Waals surface area contributed by atoms with Gasteiger partial charge in [-0.25, -0.2) is 4.98 Å². The molecule has 0 amide bonds. The highest BCUT2D eigenvalue weighted by atomic mass is 32.1. The number of para-hydroxylation sites is 1. The van der Waals surface area contributed by atoms with Gasteiger partial charge >= 0.3 is 6.18 Å². The molecule has 2 rings (SSSR count). The van der Waals surface area contributed by atoms with E-state index in [2.05, 4.69) is 4.98 Å². The molecule has 0 spiro atoms. The molecule has 0 aliphatic heterocycles. The van der Waals surface area contributed by atoms with Crippen LogP contribution in [-0.2, 0) is 5.60 Å². The van der Waals surface area contributed by atoms with Gasteiger partial charge in [-0.15, -0.1) is 11.3 Å². The quantitative estimate of drug-likeness (QED) is 0.914. The zero-order valence-corrected chi connectivity index (χ0v) is 9.72. The number of halogens is 3. The van der Waals surface area contributed by atoms with Crippen LogP contribution in [0.1, 0.15) is 11.4 Å². The van der Waals surface area contributed by atoms with E-state index in [1.807, 2.05) is 0 Å². The Morgan fingerprint density at radius 1 is 1.33 bits per heavy atom. The van der Waals surface area contributed by atoms with Crippen molar-refractivity contribution in [2.45, 2.75) is 18.2 Å². The Kier molecular flexibility index (Phi) is 3.00. The highest BCUT2D eigenvalue weighted by Gasteiger charge is 2.57. The number of hydrogen-bond acceptors (Lipinski definition) is 4. The van der Waals surface area contributed by atoms with Gasteiger partial charge in [0.15, 0.2) is 0 Å². The Morgan fingerprint density at radius 2 is 2.00 bits per heavy atom. The zero-order chi connectivity index (χ0) is 13.4. The van der Waals surface area contributed by atoms with Gasteiger partial charge in [0.05, 0.1) is 22.7 Å². The van der Waals surface area contributed by atoms with Gasteiger partial charge in [-0.05, 0) is 12.1 Å². The Bertz CT molecular complexity index is 584. The molecule has 1 heterocycles. The minimum absolute atomic E-state index is 0.373. The molecule has 0 aliphatic rings. The minimum Gasteiger partial charge on any atom is -0.374 e. The highest BCUT2D eigenvalue weighted by Crippen LogP contribution is 2.43. The zero-order valence-electron chi connectivity index (χ0n) is 8.90. The van der Waals surface area contributed by atoms with Crippen LogP contribution in [-0.4, -0.2) is 16.3 Å². The van der Waals surface area contributed by atoms with Crippen molar-refractivity contribution in [2.24, 2.45) is 0 Å². The van der Waals surface area contributed by atoms with Crippen molar-refractivity contribution in [1.82, 2.24) is 4.98 Å². The first-order chi connectivity index (χ1) is 8.38. The van der Waals surface area contributed by atoms with Crippen LogP contribution in [0.15, 0.2) is 24.3 Å². The summed E-state index contributed by atoms with van der Waals surface area (Å²) in [6.45, 7) is 0. The maximum absolute atomic E-state index is 12.9. The second-order valence-electron chi connectivity index (χ2n) is 3.68. The number of aromatic nitrogens is 1. The second kappa shape index (κ2) is 4.23. The Balaban J connectivity index is 2.59. The topological polar surface area (TPSA) is 56.9 Å². The summed E-state index contributed by atoms with van der Waals surface area (Å²) in [6, 6.07) is 7.83. The molecule has 2 aromatic rings. The lowest BCUT2D eigenvalue weighted by Crippen LogP contribution is -2.41. The molecule has 1 unspecified atom stereocenters. The van der Waals surface area contributed by atoms with E-state index in [4.69, 9.17) is 5.26 Å². The van der Waals surface area contributed by atoms with E-state index in [1.165, 1.54) is 6.07 Å². The van der Waals surface area contributed by atoms with Gasteiger partial charge in [0, 0.05) is 0 Å². The summed E-state index contributed by atoms with van der Waals surface area (Å²) in [6.07, 6.45) is -6.01. The molecular weight excluding hydrogens is 265 g/mol. The molecule has 1 aromatic heterocycles. The molecule has 0 aliphatic carbocycles. The van der Waals surface area contributed by atoms with Crippen molar-refractivity contribution in [3.05, 3.63) is 29.3 Å². The molecule has 1 aromatic carbocycles. The summed E-state index contributed by atoms with van der Waals surface area (Å²) in [7, 11) is 0. The lowest BCUT2D eigenvalue weighted by molar-refractivity contribution is -0.264. The number of aliphatic hydroxyl groups is 1. The van der Waals surface area contributed by atoms with Crippen LogP contribution in [0.25, 0.3) is 10.2 Å². The van der Waals surface area contributed by atoms with E-state index in [-0.39, 0.29) is 0 Å². The number of fused-ring (bicyclic) bond motifs is 1. The van der Waals surface area contributed by atoms with Gasteiger partial charge in [0.1, 0.15) is 5.01 Å². The fourth-order valence-electron chi connectivity index (χ4n) is 1.46. The third-order valence-corrected chi connectivity index (χ3v) is 3.64. The normalized spacial score (nSPS) is 15.3. The van der Waals surface area contributed by atoms with Crippen LogP contribution in [0.3, 0.4) is 0 Å². The number of nitriles is 1. The summed E-state index contributed by atoms with van der Waals surface area (Å²) in [5.41, 5.74) is -2.83. The first kappa shape index (κ1) is 12.8. The lowest BCUT2D eigenvalue weighted by atomic mass is 10.0. The molecule has 1 atom stereocenters. The third-order valence-electron chi connectivity index (χ3n) is 2.45. The molecule has 0 saturated heterocycles. The Morgan fingerprint density at radius 3 is 2.56 bits per heavy atom. The molecule has 0 radical (unpaired) electrons. The Labute approximate surface area is 104 Å². The van der Waals surface area contributed by atoms with Crippen LogP contribution in [0.4, 0.5) is 13.2 Å². The van der Waals surface area contributed by atoms with Gasteiger partial charge in [-0.2, -0.15) is 18.4 Å². The molecule has 0 fully saturated rings. The number of benzene rings is 1. The van der Waals surface area contributed by atoms with Crippen molar-refractivity contribution in [3.8, 4) is 6.07 Å². The standard InChI is InChI=1S/C11H7F3N2OS/c12-11(13,14)10(17,5-6-15)9-16-7-3-1-2-4-8(7)18-9/h1-4,17H,5H2. The molecule has 7 heteroatoms. The molecule has 0 saturated carbocycles. The lowest BCUT2D eigenvalue weighted by Gasteiger charge is -2.25. The van der Waals surface area contributed by atoms with Crippen molar-refractivity contribution in [1.29, 1.82) is 5.26 Å². The predicted octanol–water partition coefficient (Wildman–Crippen LogP) is 2.96. The summed E-state index contributed by atoms with van der Waals surface area (Å²) in [5.74, 6) is 0. The monoisotopic (exact) mass is 272 g/mol. The van der Waals surface area contributed by atoms with E-state index < -0.39 is 23.2 Å². The summed E-state index contributed by atoms with van der Waals surface area (Å²) < 4.78 is 39.1. The number of rotatable bonds is 2. The van der Waals surface area contributed by atoms with Crippen molar-refractivity contribution >= 4 is 21.6 Å². The largest absolute Gasteiger partial charge is 0.424 e. The average Bonchev–Trinajstić information content (AvgIpc) is 2.71. The van der Waals surface area contributed by atoms with Gasteiger partial charge < -0.3 is 5.11 Å². The summed E-state index contributed by atoms with van der Waals surface area (Å²) in [4.78, 5) is 3.77. The molecule has 18 heavy (non-hydrogen) atoms.